The fourth-order valence-corrected chi connectivity index (χ4v) is 1.66. The van der Waals surface area contributed by atoms with E-state index < -0.39 is 0 Å². The van der Waals surface area contributed by atoms with Crippen molar-refractivity contribution >= 4 is 11.4 Å². The van der Waals surface area contributed by atoms with Gasteiger partial charge in [-0.15, -0.1) is 0 Å². The third kappa shape index (κ3) is 2.91. The lowest BCUT2D eigenvalue weighted by atomic mass is 10.2. The van der Waals surface area contributed by atoms with Crippen molar-refractivity contribution in [2.24, 2.45) is 0 Å². The Morgan fingerprint density at radius 2 is 1.88 bits per heavy atom. The second-order valence-corrected chi connectivity index (χ2v) is 3.80. The number of hydrogen-bond acceptors (Lipinski definition) is 3. The Hall–Kier alpha value is -2.16. The topological polar surface area (TPSA) is 47.3 Å². The fourth-order valence-electron chi connectivity index (χ4n) is 1.66. The van der Waals surface area contributed by atoms with E-state index in [4.69, 9.17) is 10.5 Å². The molecule has 0 bridgehead atoms. The van der Waals surface area contributed by atoms with Crippen molar-refractivity contribution in [2.75, 3.05) is 18.2 Å². The van der Waals surface area contributed by atoms with Crippen molar-refractivity contribution < 1.29 is 4.74 Å². The number of nitrogens with one attached hydrogen (secondary N) is 1. The number of anilines is 2. The van der Waals surface area contributed by atoms with Crippen LogP contribution in [0.3, 0.4) is 0 Å². The number of hydrogen-bond donors (Lipinski definition) is 2. The molecule has 0 spiro atoms. The van der Waals surface area contributed by atoms with E-state index >= 15 is 0 Å². The highest BCUT2D eigenvalue weighted by Crippen LogP contribution is 2.26. The van der Waals surface area contributed by atoms with E-state index in [0.29, 0.717) is 0 Å². The van der Waals surface area contributed by atoms with E-state index in [2.05, 4.69) is 17.4 Å². The smallest absolute Gasteiger partial charge is 0.142 e. The molecule has 0 fully saturated rings. The average Bonchev–Trinajstić information content (AvgIpc) is 2.38. The zero-order chi connectivity index (χ0) is 12.1. The zero-order valence-corrected chi connectivity index (χ0v) is 9.81. The summed E-state index contributed by atoms with van der Waals surface area (Å²) in [5.74, 6) is 0.801. The molecule has 0 aromatic heterocycles. The van der Waals surface area contributed by atoms with E-state index in [1.165, 1.54) is 5.56 Å². The quantitative estimate of drug-likeness (QED) is 0.791. The molecule has 0 aliphatic heterocycles. The molecule has 0 amide bonds. The third-order valence-corrected chi connectivity index (χ3v) is 2.55. The van der Waals surface area contributed by atoms with Crippen molar-refractivity contribution in [3.05, 3.63) is 54.1 Å². The number of rotatable bonds is 4. The van der Waals surface area contributed by atoms with E-state index in [1.807, 2.05) is 36.4 Å². The first-order valence-electron chi connectivity index (χ1n) is 5.51. The number of nitrogens with two attached hydrogens (primary N) is 1. The van der Waals surface area contributed by atoms with Crippen LogP contribution in [0, 0.1) is 0 Å². The van der Waals surface area contributed by atoms with Crippen LogP contribution >= 0.6 is 0 Å². The van der Waals surface area contributed by atoms with Crippen LogP contribution in [0.2, 0.25) is 0 Å². The molecule has 0 aliphatic rings. The second-order valence-electron chi connectivity index (χ2n) is 3.80. The molecular formula is C14H16N2O. The van der Waals surface area contributed by atoms with Crippen molar-refractivity contribution in [3.8, 4) is 5.75 Å². The average molecular weight is 228 g/mol. The normalized spacial score (nSPS) is 9.94. The van der Waals surface area contributed by atoms with Crippen LogP contribution in [0.1, 0.15) is 5.56 Å². The molecule has 3 heteroatoms. The summed E-state index contributed by atoms with van der Waals surface area (Å²) in [6.07, 6.45) is 0. The van der Waals surface area contributed by atoms with E-state index in [1.54, 1.807) is 7.11 Å². The summed E-state index contributed by atoms with van der Waals surface area (Å²) in [4.78, 5) is 0. The minimum Gasteiger partial charge on any atom is -0.495 e. The first-order valence-corrected chi connectivity index (χ1v) is 5.51. The highest BCUT2D eigenvalue weighted by atomic mass is 16.5. The molecule has 0 saturated carbocycles. The van der Waals surface area contributed by atoms with Gasteiger partial charge in [0.2, 0.25) is 0 Å². The minimum absolute atomic E-state index is 0.723. The predicted molar refractivity (Wildman–Crippen MR) is 71.2 cm³/mol. The Morgan fingerprint density at radius 1 is 1.12 bits per heavy atom. The Balaban J connectivity index is 2.11. The molecule has 3 N–H and O–H groups in total. The van der Waals surface area contributed by atoms with Gasteiger partial charge in [0, 0.05) is 12.2 Å². The maximum Gasteiger partial charge on any atom is 0.142 e. The third-order valence-electron chi connectivity index (χ3n) is 2.55. The van der Waals surface area contributed by atoms with Gasteiger partial charge in [0.05, 0.1) is 12.8 Å². The summed E-state index contributed by atoms with van der Waals surface area (Å²) in [6, 6.07) is 15.8. The van der Waals surface area contributed by atoms with Gasteiger partial charge in [0.25, 0.3) is 0 Å². The SMILES string of the molecule is COc1ccc(N)cc1NCc1ccccc1. The van der Waals surface area contributed by atoms with Crippen molar-refractivity contribution in [1.29, 1.82) is 0 Å². The summed E-state index contributed by atoms with van der Waals surface area (Å²) in [6.45, 7) is 0.751. The molecule has 88 valence electrons. The molecule has 2 rings (SSSR count). The predicted octanol–water partition coefficient (Wildman–Crippen LogP) is 2.89. The van der Waals surface area contributed by atoms with Gasteiger partial charge in [-0.2, -0.15) is 0 Å². The summed E-state index contributed by atoms with van der Waals surface area (Å²) in [5, 5.41) is 3.32. The zero-order valence-electron chi connectivity index (χ0n) is 9.81. The van der Waals surface area contributed by atoms with Crippen molar-refractivity contribution in [2.45, 2.75) is 6.54 Å². The number of methoxy groups -OCH3 is 1. The monoisotopic (exact) mass is 228 g/mol. The fraction of sp³-hybridized carbons (Fsp3) is 0.143. The second kappa shape index (κ2) is 5.25. The van der Waals surface area contributed by atoms with Crippen molar-refractivity contribution in [3.63, 3.8) is 0 Å². The molecule has 0 saturated heterocycles. The summed E-state index contributed by atoms with van der Waals surface area (Å²) in [5.41, 5.74) is 8.61. The molecular weight excluding hydrogens is 212 g/mol. The number of benzene rings is 2. The van der Waals surface area contributed by atoms with Gasteiger partial charge in [-0.1, -0.05) is 30.3 Å². The molecule has 0 radical (unpaired) electrons. The van der Waals surface area contributed by atoms with Crippen LogP contribution in [0.25, 0.3) is 0 Å². The van der Waals surface area contributed by atoms with Crippen molar-refractivity contribution in [1.82, 2.24) is 0 Å². The van der Waals surface area contributed by atoms with Gasteiger partial charge in [-0.05, 0) is 23.8 Å². The van der Waals surface area contributed by atoms with Crippen LogP contribution in [0.15, 0.2) is 48.5 Å². The summed E-state index contributed by atoms with van der Waals surface area (Å²) >= 11 is 0. The van der Waals surface area contributed by atoms with Gasteiger partial charge in [-0.25, -0.2) is 0 Å². The lowest BCUT2D eigenvalue weighted by molar-refractivity contribution is 0.416. The first kappa shape index (κ1) is 11.3. The molecule has 0 aliphatic carbocycles. The molecule has 3 nitrogen and oxygen atoms in total. The largest absolute Gasteiger partial charge is 0.495 e. The molecule has 2 aromatic carbocycles. The van der Waals surface area contributed by atoms with Gasteiger partial charge in [0.1, 0.15) is 5.75 Å². The maximum atomic E-state index is 5.76. The van der Waals surface area contributed by atoms with E-state index in [-0.39, 0.29) is 0 Å². The highest BCUT2D eigenvalue weighted by Gasteiger charge is 2.02. The Kier molecular flexibility index (Phi) is 3.50. The molecule has 2 aromatic rings. The van der Waals surface area contributed by atoms with E-state index in [9.17, 15) is 0 Å². The first-order chi connectivity index (χ1) is 8.29. The Bertz CT molecular complexity index is 483. The Morgan fingerprint density at radius 3 is 2.59 bits per heavy atom. The minimum atomic E-state index is 0.723. The molecule has 17 heavy (non-hydrogen) atoms. The van der Waals surface area contributed by atoms with Crippen LogP contribution in [-0.4, -0.2) is 7.11 Å². The summed E-state index contributed by atoms with van der Waals surface area (Å²) in [7, 11) is 1.65. The standard InChI is InChI=1S/C14H16N2O/c1-17-14-8-7-12(15)9-13(14)16-10-11-5-3-2-4-6-11/h2-9,16H,10,15H2,1H3. The number of nitrogen functional groups attached to an aromatic ring is 1. The van der Waals surface area contributed by atoms with Crippen LogP contribution in [0.5, 0.6) is 5.75 Å². The van der Waals surface area contributed by atoms with Gasteiger partial charge < -0.3 is 15.8 Å². The molecule has 0 atom stereocenters. The van der Waals surface area contributed by atoms with Gasteiger partial charge in [0.15, 0.2) is 0 Å². The molecule has 0 heterocycles. The van der Waals surface area contributed by atoms with Gasteiger partial charge in [-0.3, -0.25) is 0 Å². The highest BCUT2D eigenvalue weighted by molar-refractivity contribution is 5.63. The van der Waals surface area contributed by atoms with E-state index in [0.717, 1.165) is 23.7 Å². The lowest BCUT2D eigenvalue weighted by Crippen LogP contribution is -2.02. The number of ether oxygens (including phenoxy) is 1. The Labute approximate surface area is 101 Å². The van der Waals surface area contributed by atoms with Crippen LogP contribution in [-0.2, 0) is 6.54 Å². The van der Waals surface area contributed by atoms with Crippen LogP contribution in [0.4, 0.5) is 11.4 Å². The lowest BCUT2D eigenvalue weighted by Gasteiger charge is -2.11. The van der Waals surface area contributed by atoms with Gasteiger partial charge >= 0.3 is 0 Å². The molecule has 0 unspecified atom stereocenters. The maximum absolute atomic E-state index is 5.76. The van der Waals surface area contributed by atoms with Crippen LogP contribution < -0.4 is 15.8 Å². The summed E-state index contributed by atoms with van der Waals surface area (Å²) < 4.78 is 5.27.